The summed E-state index contributed by atoms with van der Waals surface area (Å²) in [4.78, 5) is 96.3. The highest BCUT2D eigenvalue weighted by atomic mass is 16.6. The summed E-state index contributed by atoms with van der Waals surface area (Å²) in [5.41, 5.74) is 24.2. The van der Waals surface area contributed by atoms with Gasteiger partial charge in [-0.1, -0.05) is 29.8 Å². The van der Waals surface area contributed by atoms with E-state index in [4.69, 9.17) is 48.4 Å². The quantitative estimate of drug-likeness (QED) is 0.0295. The third-order valence-corrected chi connectivity index (χ3v) is 20.3. The molecule has 9 heterocycles. The third kappa shape index (κ3) is 18.0. The molecule has 2 amide bonds. The first-order valence-corrected chi connectivity index (χ1v) is 38.2. The van der Waals surface area contributed by atoms with Crippen LogP contribution in [0, 0.1) is 62.3 Å². The highest BCUT2D eigenvalue weighted by molar-refractivity contribution is 6.09. The van der Waals surface area contributed by atoms with Gasteiger partial charge in [-0.25, -0.2) is 53.9 Å². The number of aryl methyl sites for hydroxylation is 6. The van der Waals surface area contributed by atoms with Crippen molar-refractivity contribution in [2.45, 2.75) is 179 Å². The van der Waals surface area contributed by atoms with Crippen molar-refractivity contribution in [2.75, 3.05) is 106 Å². The number of aliphatic carboxylic acids is 1. The second-order valence-electron chi connectivity index (χ2n) is 31.8. The van der Waals surface area contributed by atoms with Crippen LogP contribution in [0.25, 0.3) is 43.8 Å². The van der Waals surface area contributed by atoms with Gasteiger partial charge < -0.3 is 81.9 Å². The standard InChI is InChI=1S/C33H39N5O6.C28H37N5O6.C24H31N5O3/c1-19-8-10-22(11-9-19)26-24-16-20(2)37-12-13-38(31-34-17-23(18-35-31)36-32(41)43-15-14-42-7)27(28(24)37)21(3)25(26)29(30(39)40)44-33(4,5)6;1-16-13-20-17(2)21(24(25(34)37-8)39-28(4,5)6)18(3)22-23(20)32(16)9-10-33(22)26-29-14-19(15-30-26)31-27(35)38-12-11-36-7;1-13-10-17-14(2)18(21(22(30)31-7)32-24(4,5)6)15(3)19-20(17)28(13)8-9-29(19)23-26-11-16(25)12-27-23/h8-11,16-18,29H,12-15H2,1-7H3,(H,36,41)(H,39,40);13-15,24H,9-12H2,1-8H3,(H,31,35);10-12,21H,8-9,25H2,1-7H3/t29-;24-;21-/m000/s1. The maximum atomic E-state index is 13.0. The van der Waals surface area contributed by atoms with E-state index >= 15 is 0 Å². The summed E-state index contributed by atoms with van der Waals surface area (Å²) in [5.74, 6) is -0.454. The number of nitrogens with two attached hydrogens (primary N) is 1. The number of anilines is 9. The summed E-state index contributed by atoms with van der Waals surface area (Å²) in [7, 11) is 5.83. The van der Waals surface area contributed by atoms with Crippen LogP contribution in [0.2, 0.25) is 0 Å². The number of benzene rings is 4. The minimum Gasteiger partial charge on any atom is -0.479 e. The summed E-state index contributed by atoms with van der Waals surface area (Å²) in [5, 5.41) is 18.9. The van der Waals surface area contributed by atoms with Crippen molar-refractivity contribution in [3.63, 3.8) is 0 Å². The Kier molecular flexibility index (Phi) is 25.3. The number of carbonyl (C=O) groups excluding carboxylic acids is 4. The second-order valence-corrected chi connectivity index (χ2v) is 31.8. The molecule has 13 rings (SSSR count). The molecule has 0 saturated carbocycles. The number of hydrogen-bond acceptors (Lipinski definition) is 24. The average molecular weight is 1580 g/mol. The molecule has 5 N–H and O–H groups in total. The number of amides is 2. The van der Waals surface area contributed by atoms with Gasteiger partial charge in [0.05, 0.1) is 132 Å². The van der Waals surface area contributed by atoms with E-state index in [0.717, 1.165) is 130 Å². The Morgan fingerprint density at radius 1 is 0.443 bits per heavy atom. The fourth-order valence-corrected chi connectivity index (χ4v) is 15.4. The molecule has 30 nitrogen and oxygen atoms in total. The van der Waals surface area contributed by atoms with Crippen molar-refractivity contribution in [3.05, 3.63) is 147 Å². The van der Waals surface area contributed by atoms with Gasteiger partial charge in [0.15, 0.2) is 18.3 Å². The van der Waals surface area contributed by atoms with Crippen LogP contribution >= 0.6 is 0 Å². The number of esters is 2. The molecule has 0 aliphatic carbocycles. The molecule has 3 aliphatic heterocycles. The summed E-state index contributed by atoms with van der Waals surface area (Å²) >= 11 is 0. The Labute approximate surface area is 669 Å². The molecule has 0 saturated heterocycles. The third-order valence-electron chi connectivity index (χ3n) is 20.3. The van der Waals surface area contributed by atoms with Crippen LogP contribution in [0.5, 0.6) is 0 Å². The van der Waals surface area contributed by atoms with Gasteiger partial charge in [-0.15, -0.1) is 0 Å². The van der Waals surface area contributed by atoms with Crippen molar-refractivity contribution in [3.8, 4) is 11.1 Å². The fraction of sp³-hybridized carbons (Fsp3) is 0.447. The van der Waals surface area contributed by atoms with E-state index < -0.39 is 65.2 Å². The molecule has 0 fully saturated rings. The van der Waals surface area contributed by atoms with E-state index in [2.05, 4.69) is 98.1 Å². The highest BCUT2D eigenvalue weighted by Crippen LogP contribution is 2.51. The van der Waals surface area contributed by atoms with Gasteiger partial charge in [-0.05, 0) is 182 Å². The van der Waals surface area contributed by atoms with E-state index in [-0.39, 0.29) is 13.2 Å². The Hall–Kier alpha value is -11.3. The largest absolute Gasteiger partial charge is 0.479 e. The van der Waals surface area contributed by atoms with Crippen LogP contribution in [0.4, 0.5) is 61.6 Å². The minimum absolute atomic E-state index is 0.126. The zero-order valence-electron chi connectivity index (χ0n) is 69.9. The topological polar surface area (TPSA) is 341 Å². The van der Waals surface area contributed by atoms with Gasteiger partial charge >= 0.3 is 30.1 Å². The molecule has 612 valence electrons. The Morgan fingerprint density at radius 3 is 1.11 bits per heavy atom. The number of carboxylic acid groups (broad SMARTS) is 1. The molecular formula is C85H107N15O15. The number of nitrogens with one attached hydrogen (secondary N) is 2. The lowest BCUT2D eigenvalue weighted by Crippen LogP contribution is -2.32. The van der Waals surface area contributed by atoms with Gasteiger partial charge in [0.2, 0.25) is 17.8 Å². The number of carbonyl (C=O) groups is 5. The molecule has 115 heavy (non-hydrogen) atoms. The van der Waals surface area contributed by atoms with Gasteiger partial charge in [-0.3, -0.25) is 10.6 Å². The molecule has 0 spiro atoms. The lowest BCUT2D eigenvalue weighted by Gasteiger charge is -2.35. The maximum Gasteiger partial charge on any atom is 0.411 e. The Bertz CT molecular complexity index is 5290. The van der Waals surface area contributed by atoms with E-state index in [1.54, 1.807) is 24.8 Å². The van der Waals surface area contributed by atoms with Crippen molar-refractivity contribution in [1.82, 2.24) is 43.6 Å². The normalized spacial score (nSPS) is 14.0. The van der Waals surface area contributed by atoms with Crippen LogP contribution in [0.1, 0.15) is 148 Å². The number of methoxy groups -OCH3 is 4. The number of nitrogens with zero attached hydrogens (tertiary/aromatic N) is 12. The monoisotopic (exact) mass is 1580 g/mol. The van der Waals surface area contributed by atoms with Gasteiger partial charge in [-0.2, -0.15) is 0 Å². The van der Waals surface area contributed by atoms with E-state index in [1.165, 1.54) is 46.5 Å². The van der Waals surface area contributed by atoms with E-state index in [1.807, 2.05) is 138 Å². The van der Waals surface area contributed by atoms with Crippen molar-refractivity contribution < 1.29 is 71.7 Å². The van der Waals surface area contributed by atoms with Gasteiger partial charge in [0.25, 0.3) is 0 Å². The fourth-order valence-electron chi connectivity index (χ4n) is 15.4. The zero-order chi connectivity index (χ0) is 83.6. The lowest BCUT2D eigenvalue weighted by molar-refractivity contribution is -0.164. The summed E-state index contributed by atoms with van der Waals surface area (Å²) in [6.45, 7) is 40.5. The molecule has 30 heteroatoms. The van der Waals surface area contributed by atoms with Crippen molar-refractivity contribution in [2.24, 2.45) is 0 Å². The zero-order valence-corrected chi connectivity index (χ0v) is 69.9. The van der Waals surface area contributed by atoms with Crippen LogP contribution in [-0.4, -0.2) is 170 Å². The Morgan fingerprint density at radius 2 is 0.774 bits per heavy atom. The number of nitrogen functional groups attached to an aromatic ring is 1. The predicted octanol–water partition coefficient (Wildman–Crippen LogP) is 15.2. The molecule has 3 aliphatic rings. The van der Waals surface area contributed by atoms with E-state index in [0.29, 0.717) is 79.9 Å². The van der Waals surface area contributed by atoms with Crippen LogP contribution in [0.15, 0.2) is 79.6 Å². The molecule has 4 aromatic carbocycles. The molecule has 0 radical (unpaired) electrons. The van der Waals surface area contributed by atoms with Crippen molar-refractivity contribution >= 4 is 115 Å². The second kappa shape index (κ2) is 34.4. The molecule has 3 atom stereocenters. The smallest absolute Gasteiger partial charge is 0.411 e. The predicted molar refractivity (Wildman–Crippen MR) is 442 cm³/mol. The number of hydrogen-bond donors (Lipinski definition) is 4. The first-order chi connectivity index (χ1) is 54.4. The molecule has 6 aromatic heterocycles. The molecule has 0 unspecified atom stereocenters. The molecule has 0 bridgehead atoms. The average Bonchev–Trinajstić information content (AvgIpc) is 1.63. The van der Waals surface area contributed by atoms with Crippen LogP contribution in [-0.2, 0) is 76.6 Å². The number of carboxylic acids is 1. The van der Waals surface area contributed by atoms with Crippen molar-refractivity contribution in [1.29, 1.82) is 0 Å². The first kappa shape index (κ1) is 84.6. The molecular weight excluding hydrogens is 1470 g/mol. The summed E-state index contributed by atoms with van der Waals surface area (Å²) in [6, 6.07) is 14.6. The summed E-state index contributed by atoms with van der Waals surface area (Å²) in [6.07, 6.45) is 5.15. The Balaban J connectivity index is 0.000000172. The van der Waals surface area contributed by atoms with Crippen LogP contribution < -0.4 is 31.1 Å². The summed E-state index contributed by atoms with van der Waals surface area (Å²) < 4.78 is 55.9. The SMILES string of the molecule is COC(=O)[C@@H](OC(C)(C)C)c1c(C)c2c3c(cc(C)n3CCN2c2ncc(N)cn2)c1C.COCCOC(=O)Nc1cnc(N2CCn3c(C)cc4c(-c5ccc(C)cc5)c([C@H](OC(C)(C)C)C(=O)O)c(C)c2c43)nc1.COCCOC(=O)Nc1cnc(N2CCn3c(C)cc4c(C)c([C@H](OC(C)(C)C)C(=O)OC)c(C)c2c43)nc1. The molecule has 10 aromatic rings. The number of aromatic nitrogens is 9. The highest BCUT2D eigenvalue weighted by Gasteiger charge is 2.41. The number of ether oxygens (including phenoxy) is 9. The van der Waals surface area contributed by atoms with Crippen LogP contribution in [0.3, 0.4) is 0 Å². The lowest BCUT2D eigenvalue weighted by atomic mass is 9.87. The van der Waals surface area contributed by atoms with Gasteiger partial charge in [0.1, 0.15) is 13.2 Å². The minimum atomic E-state index is -1.23. The van der Waals surface area contributed by atoms with E-state index in [9.17, 15) is 29.1 Å². The number of rotatable bonds is 21. The van der Waals surface area contributed by atoms with Gasteiger partial charge in [0, 0.05) is 103 Å². The maximum absolute atomic E-state index is 13.0. The first-order valence-electron chi connectivity index (χ1n) is 38.2.